The van der Waals surface area contributed by atoms with Gasteiger partial charge in [0.2, 0.25) is 5.43 Å². The average molecular weight is 487 g/mol. The Bertz CT molecular complexity index is 1410. The smallest absolute Gasteiger partial charge is 0.387 e. The van der Waals surface area contributed by atoms with Gasteiger partial charge in [-0.3, -0.25) is 4.79 Å². The van der Waals surface area contributed by atoms with Gasteiger partial charge in [-0.25, -0.2) is 4.79 Å². The first-order valence-corrected chi connectivity index (χ1v) is 11.7. The molecule has 1 fully saturated rings. The number of hydrogen-bond donors (Lipinski definition) is 0. The maximum Gasteiger partial charge on any atom is 0.387 e. The van der Waals surface area contributed by atoms with Gasteiger partial charge in [-0.1, -0.05) is 5.11 Å². The molecule has 0 aliphatic heterocycles. The number of thiophene rings is 1. The molecule has 0 bridgehead atoms. The minimum absolute atomic E-state index is 0.0346. The molecule has 0 spiro atoms. The van der Waals surface area contributed by atoms with Gasteiger partial charge in [0.25, 0.3) is 0 Å². The Morgan fingerprint density at radius 1 is 1.32 bits per heavy atom. The molecule has 8 nitrogen and oxygen atoms in total. The molecule has 0 saturated heterocycles. The molecule has 34 heavy (non-hydrogen) atoms. The largest absolute Gasteiger partial charge is 0.465 e. The Morgan fingerprint density at radius 2 is 2.12 bits per heavy atom. The fourth-order valence-electron chi connectivity index (χ4n) is 4.56. The number of esters is 1. The van der Waals surface area contributed by atoms with E-state index in [0.29, 0.717) is 10.4 Å². The molecule has 11 heteroatoms. The lowest BCUT2D eigenvalue weighted by Gasteiger charge is -2.18. The van der Waals surface area contributed by atoms with Crippen LogP contribution in [0.25, 0.3) is 31.8 Å². The number of hydrogen-bond acceptors (Lipinski definition) is 6. The molecule has 2 aliphatic carbocycles. The highest BCUT2D eigenvalue weighted by atomic mass is 32.1. The summed E-state index contributed by atoms with van der Waals surface area (Å²) in [5.74, 6) is -0.886. The molecule has 2 aromatic heterocycles. The summed E-state index contributed by atoms with van der Waals surface area (Å²) in [6.45, 7) is -3.11. The fraction of sp³-hybridized carbons (Fsp3) is 0.391. The molecule has 0 amide bonds. The fourth-order valence-corrected chi connectivity index (χ4v) is 5.86. The zero-order chi connectivity index (χ0) is 24.0. The molecule has 5 rings (SSSR count). The number of aromatic nitrogens is 1. The van der Waals surface area contributed by atoms with E-state index in [1.54, 1.807) is 16.7 Å². The van der Waals surface area contributed by atoms with Gasteiger partial charge < -0.3 is 14.0 Å². The van der Waals surface area contributed by atoms with Crippen LogP contribution in [0.4, 0.5) is 8.78 Å². The Morgan fingerprint density at radius 3 is 2.79 bits per heavy atom. The van der Waals surface area contributed by atoms with Crippen molar-refractivity contribution >= 4 is 28.2 Å². The Balaban J connectivity index is 1.77. The summed E-state index contributed by atoms with van der Waals surface area (Å²) in [6, 6.07) is 4.70. The third-order valence-electron chi connectivity index (χ3n) is 6.22. The topological polar surface area (TPSA) is 106 Å². The normalized spacial score (nSPS) is 17.4. The zero-order valence-electron chi connectivity index (χ0n) is 18.2. The van der Waals surface area contributed by atoms with E-state index < -0.39 is 18.0 Å². The standard InChI is InChI=1S/C23H20F2N4O4S/c1-32-22(31)15-10-29(12-5-6-12)18-14(19(15)30)8-7-13(20(18)33-23(24)25)17-9-11-3-2-4-16(27-28-26)21(11)34-17/h7-10,12,16,23H,2-6H2,1H3. The number of aryl methyl sites for hydroxylation is 1. The second-order valence-electron chi connectivity index (χ2n) is 8.33. The predicted molar refractivity (Wildman–Crippen MR) is 123 cm³/mol. The highest BCUT2D eigenvalue weighted by Gasteiger charge is 2.31. The van der Waals surface area contributed by atoms with Gasteiger partial charge in [0.05, 0.1) is 24.1 Å². The van der Waals surface area contributed by atoms with Crippen LogP contribution in [0.1, 0.15) is 58.6 Å². The second-order valence-corrected chi connectivity index (χ2v) is 9.42. The Kier molecular flexibility index (Phi) is 5.75. The molecular formula is C23H20F2N4O4S. The lowest BCUT2D eigenvalue weighted by atomic mass is 9.95. The number of azide groups is 1. The summed E-state index contributed by atoms with van der Waals surface area (Å²) in [4.78, 5) is 29.8. The molecule has 2 aliphatic rings. The number of benzene rings is 1. The molecule has 1 saturated carbocycles. The van der Waals surface area contributed by atoms with Gasteiger partial charge in [-0.05, 0) is 61.4 Å². The van der Waals surface area contributed by atoms with Crippen LogP contribution in [0, 0.1) is 0 Å². The number of carbonyl (C=O) groups is 1. The Labute approximate surface area is 196 Å². The van der Waals surface area contributed by atoms with E-state index in [0.717, 1.165) is 42.5 Å². The van der Waals surface area contributed by atoms with Crippen molar-refractivity contribution in [2.45, 2.75) is 50.8 Å². The first-order valence-electron chi connectivity index (χ1n) is 10.8. The lowest BCUT2D eigenvalue weighted by Crippen LogP contribution is -2.20. The van der Waals surface area contributed by atoms with E-state index in [4.69, 9.17) is 15.0 Å². The van der Waals surface area contributed by atoms with Crippen molar-refractivity contribution in [3.05, 3.63) is 61.1 Å². The van der Waals surface area contributed by atoms with Crippen LogP contribution in [0.5, 0.6) is 5.75 Å². The highest BCUT2D eigenvalue weighted by molar-refractivity contribution is 7.15. The summed E-state index contributed by atoms with van der Waals surface area (Å²) < 4.78 is 38.7. The summed E-state index contributed by atoms with van der Waals surface area (Å²) in [6.07, 6.45) is 5.36. The van der Waals surface area contributed by atoms with Crippen LogP contribution in [0.2, 0.25) is 0 Å². The maximum absolute atomic E-state index is 13.6. The van der Waals surface area contributed by atoms with E-state index in [1.807, 2.05) is 6.07 Å². The van der Waals surface area contributed by atoms with Crippen molar-refractivity contribution in [1.82, 2.24) is 4.57 Å². The summed E-state index contributed by atoms with van der Waals surface area (Å²) in [7, 11) is 1.18. The van der Waals surface area contributed by atoms with Crippen molar-refractivity contribution in [2.24, 2.45) is 5.11 Å². The minimum Gasteiger partial charge on any atom is -0.465 e. The van der Waals surface area contributed by atoms with Crippen molar-refractivity contribution in [3.8, 4) is 16.2 Å². The van der Waals surface area contributed by atoms with Gasteiger partial charge in [0.15, 0.2) is 5.75 Å². The van der Waals surface area contributed by atoms with Crippen molar-refractivity contribution in [3.63, 3.8) is 0 Å². The van der Waals surface area contributed by atoms with Crippen LogP contribution in [-0.2, 0) is 11.2 Å². The minimum atomic E-state index is -3.11. The lowest BCUT2D eigenvalue weighted by molar-refractivity contribution is -0.0486. The van der Waals surface area contributed by atoms with Crippen LogP contribution in [0.15, 0.2) is 34.3 Å². The third kappa shape index (κ3) is 3.80. The zero-order valence-corrected chi connectivity index (χ0v) is 19.0. The number of alkyl halides is 2. The average Bonchev–Trinajstić information content (AvgIpc) is 3.57. The van der Waals surface area contributed by atoms with Gasteiger partial charge >= 0.3 is 12.6 Å². The number of rotatable bonds is 6. The number of pyridine rings is 1. The number of methoxy groups -OCH3 is 1. The maximum atomic E-state index is 13.6. The number of fused-ring (bicyclic) bond motifs is 2. The Hall–Kier alpha value is -3.43. The molecule has 2 heterocycles. The quantitative estimate of drug-likeness (QED) is 0.180. The number of carbonyl (C=O) groups excluding carboxylic acids is 1. The number of halogens is 2. The van der Waals surface area contributed by atoms with Crippen molar-refractivity contribution in [2.75, 3.05) is 7.11 Å². The summed E-state index contributed by atoms with van der Waals surface area (Å²) >= 11 is 1.38. The van der Waals surface area contributed by atoms with Crippen LogP contribution in [0.3, 0.4) is 0 Å². The predicted octanol–water partition coefficient (Wildman–Crippen LogP) is 6.14. The molecule has 1 atom stereocenters. The second kappa shape index (κ2) is 8.73. The molecule has 3 aromatic rings. The van der Waals surface area contributed by atoms with E-state index in [2.05, 4.69) is 10.0 Å². The van der Waals surface area contributed by atoms with Crippen molar-refractivity contribution < 1.29 is 23.0 Å². The third-order valence-corrected chi connectivity index (χ3v) is 7.54. The first-order chi connectivity index (χ1) is 16.4. The van der Waals surface area contributed by atoms with E-state index in [1.165, 1.54) is 24.6 Å². The van der Waals surface area contributed by atoms with Gasteiger partial charge in [0, 0.05) is 32.5 Å². The number of nitrogens with zero attached hydrogens (tertiary/aromatic N) is 4. The first kappa shape index (κ1) is 22.4. The van der Waals surface area contributed by atoms with Crippen molar-refractivity contribution in [1.29, 1.82) is 0 Å². The molecular weight excluding hydrogens is 466 g/mol. The number of ether oxygens (including phenoxy) is 2. The van der Waals surface area contributed by atoms with E-state index in [9.17, 15) is 18.4 Å². The molecule has 176 valence electrons. The van der Waals surface area contributed by atoms with E-state index >= 15 is 0 Å². The molecule has 1 unspecified atom stereocenters. The van der Waals surface area contributed by atoms with Gasteiger partial charge in [-0.2, -0.15) is 8.78 Å². The van der Waals surface area contributed by atoms with Crippen LogP contribution >= 0.6 is 11.3 Å². The monoisotopic (exact) mass is 486 g/mol. The van der Waals surface area contributed by atoms with Crippen LogP contribution < -0.4 is 10.2 Å². The molecule has 0 radical (unpaired) electrons. The van der Waals surface area contributed by atoms with Gasteiger partial charge in [-0.15, -0.1) is 11.3 Å². The highest BCUT2D eigenvalue weighted by Crippen LogP contribution is 2.47. The van der Waals surface area contributed by atoms with E-state index in [-0.39, 0.29) is 34.3 Å². The SMILES string of the molecule is COC(=O)c1cn(C2CC2)c2c(OC(F)F)c(-c3cc4c(s3)C(N=[N+]=[N-])CCC4)ccc2c1=O. The van der Waals surface area contributed by atoms with Gasteiger partial charge in [0.1, 0.15) is 5.56 Å². The molecule has 1 aromatic carbocycles. The summed E-state index contributed by atoms with van der Waals surface area (Å²) in [5, 5.41) is 4.01. The molecule has 0 N–H and O–H groups in total. The van der Waals surface area contributed by atoms with Crippen LogP contribution in [-0.4, -0.2) is 24.3 Å². The summed E-state index contributed by atoms with van der Waals surface area (Å²) in [5.41, 5.74) is 9.84.